The molecule has 1 aromatic carbocycles. The van der Waals surface area contributed by atoms with E-state index in [-0.39, 0.29) is 11.9 Å². The molecule has 18 heavy (non-hydrogen) atoms. The van der Waals surface area contributed by atoms with Crippen molar-refractivity contribution >= 4 is 17.5 Å². The molecule has 1 N–H and O–H groups in total. The van der Waals surface area contributed by atoms with Crippen molar-refractivity contribution in [2.24, 2.45) is 0 Å². The van der Waals surface area contributed by atoms with Gasteiger partial charge in [0.15, 0.2) is 17.3 Å². The Labute approximate surface area is 111 Å². The summed E-state index contributed by atoms with van der Waals surface area (Å²) in [7, 11) is 3.36. The molecule has 4 nitrogen and oxygen atoms in total. The van der Waals surface area contributed by atoms with Gasteiger partial charge in [-0.3, -0.25) is 4.79 Å². The molecular weight excluding hydrogens is 250 g/mol. The Kier molecular flexibility index (Phi) is 4.49. The molecule has 0 unspecified atom stereocenters. The Morgan fingerprint density at radius 3 is 2.78 bits per heavy atom. The second kappa shape index (κ2) is 6.11. The topological polar surface area (TPSA) is 47.6 Å². The van der Waals surface area contributed by atoms with Gasteiger partial charge in [-0.25, -0.2) is 0 Å². The van der Waals surface area contributed by atoms with E-state index in [9.17, 15) is 4.79 Å². The molecule has 0 aromatic heterocycles. The number of likely N-dealkylation sites (N-methyl/N-ethyl adjacent to an activating group) is 1. The van der Waals surface area contributed by atoms with Crippen molar-refractivity contribution in [1.29, 1.82) is 0 Å². The van der Waals surface area contributed by atoms with Crippen LogP contribution in [0.4, 0.5) is 0 Å². The van der Waals surface area contributed by atoms with Gasteiger partial charge >= 0.3 is 0 Å². The lowest BCUT2D eigenvalue weighted by atomic mass is 10.1. The van der Waals surface area contributed by atoms with Crippen molar-refractivity contribution in [3.8, 4) is 11.5 Å². The third-order valence-electron chi connectivity index (χ3n) is 2.72. The number of benzene rings is 1. The Morgan fingerprint density at radius 1 is 1.44 bits per heavy atom. The number of nitrogens with one attached hydrogen (secondary N) is 1. The van der Waals surface area contributed by atoms with Gasteiger partial charge in [-0.15, -0.1) is 0 Å². The lowest BCUT2D eigenvalue weighted by molar-refractivity contribution is 0.0992. The Morgan fingerprint density at radius 2 is 2.22 bits per heavy atom. The fourth-order valence-corrected chi connectivity index (χ4v) is 2.23. The highest BCUT2D eigenvalue weighted by Crippen LogP contribution is 2.32. The summed E-state index contributed by atoms with van der Waals surface area (Å²) in [5, 5.41) is 2.85. The van der Waals surface area contributed by atoms with Crippen molar-refractivity contribution in [2.75, 3.05) is 32.2 Å². The maximum Gasteiger partial charge on any atom is 0.176 e. The minimum Gasteiger partial charge on any atom is -0.493 e. The van der Waals surface area contributed by atoms with Crippen LogP contribution >= 0.6 is 11.8 Å². The Balaban J connectivity index is 2.17. The highest BCUT2D eigenvalue weighted by Gasteiger charge is 2.22. The molecule has 0 spiro atoms. The van der Waals surface area contributed by atoms with E-state index in [2.05, 4.69) is 5.32 Å². The molecule has 1 aromatic rings. The van der Waals surface area contributed by atoms with Crippen LogP contribution in [0.2, 0.25) is 0 Å². The number of hydrogen-bond acceptors (Lipinski definition) is 5. The summed E-state index contributed by atoms with van der Waals surface area (Å²) in [5.41, 5.74) is 0.645. The summed E-state index contributed by atoms with van der Waals surface area (Å²) in [6.07, 6.45) is 0.235. The Bertz CT molecular complexity index is 432. The Hall–Kier alpha value is -1.20. The van der Waals surface area contributed by atoms with Crippen LogP contribution in [-0.4, -0.2) is 44.1 Å². The summed E-state index contributed by atoms with van der Waals surface area (Å²) in [4.78, 5) is 11.8. The zero-order valence-corrected chi connectivity index (χ0v) is 11.4. The maximum absolute atomic E-state index is 11.8. The molecule has 0 amide bonds. The van der Waals surface area contributed by atoms with Crippen LogP contribution in [0.5, 0.6) is 11.5 Å². The molecule has 0 saturated carbocycles. The van der Waals surface area contributed by atoms with Crippen LogP contribution in [0.1, 0.15) is 10.4 Å². The van der Waals surface area contributed by atoms with Gasteiger partial charge in [-0.1, -0.05) is 0 Å². The van der Waals surface area contributed by atoms with E-state index in [1.165, 1.54) is 0 Å². The van der Waals surface area contributed by atoms with Gasteiger partial charge in [0.2, 0.25) is 0 Å². The van der Waals surface area contributed by atoms with E-state index < -0.39 is 0 Å². The SMILES string of the molecule is CNCC(=O)c1ccc(OC)c(OC2CSC2)c1. The lowest BCUT2D eigenvalue weighted by Gasteiger charge is -2.26. The van der Waals surface area contributed by atoms with E-state index >= 15 is 0 Å². The van der Waals surface area contributed by atoms with E-state index in [1.807, 2.05) is 11.8 Å². The van der Waals surface area contributed by atoms with Crippen molar-refractivity contribution in [1.82, 2.24) is 5.32 Å². The lowest BCUT2D eigenvalue weighted by Crippen LogP contribution is -2.31. The maximum atomic E-state index is 11.8. The van der Waals surface area contributed by atoms with Gasteiger partial charge in [-0.2, -0.15) is 11.8 Å². The molecule has 0 radical (unpaired) electrons. The van der Waals surface area contributed by atoms with E-state index in [1.54, 1.807) is 32.4 Å². The second-order valence-electron chi connectivity index (χ2n) is 4.10. The van der Waals surface area contributed by atoms with Gasteiger partial charge in [0.25, 0.3) is 0 Å². The molecule has 1 saturated heterocycles. The fourth-order valence-electron chi connectivity index (χ4n) is 1.67. The fraction of sp³-hybridized carbons (Fsp3) is 0.462. The van der Waals surface area contributed by atoms with Crippen LogP contribution in [0.25, 0.3) is 0 Å². The van der Waals surface area contributed by atoms with Crippen molar-refractivity contribution < 1.29 is 14.3 Å². The van der Waals surface area contributed by atoms with Crippen LogP contribution < -0.4 is 14.8 Å². The zero-order chi connectivity index (χ0) is 13.0. The average molecular weight is 267 g/mol. The highest BCUT2D eigenvalue weighted by atomic mass is 32.2. The van der Waals surface area contributed by atoms with Crippen molar-refractivity contribution in [3.63, 3.8) is 0 Å². The first kappa shape index (κ1) is 13.2. The summed E-state index contributed by atoms with van der Waals surface area (Å²) < 4.78 is 11.1. The van der Waals surface area contributed by atoms with Crippen molar-refractivity contribution in [3.05, 3.63) is 23.8 Å². The van der Waals surface area contributed by atoms with Gasteiger partial charge in [0, 0.05) is 17.1 Å². The van der Waals surface area contributed by atoms with E-state index in [0.29, 0.717) is 23.6 Å². The molecule has 1 fully saturated rings. The molecule has 0 atom stereocenters. The third-order valence-corrected chi connectivity index (χ3v) is 3.94. The number of ketones is 1. The zero-order valence-electron chi connectivity index (χ0n) is 10.6. The summed E-state index contributed by atoms with van der Waals surface area (Å²) in [5.74, 6) is 3.38. The molecule has 1 aliphatic rings. The molecule has 2 rings (SSSR count). The molecular formula is C13H17NO3S. The summed E-state index contributed by atoms with van der Waals surface area (Å²) in [6, 6.07) is 5.31. The van der Waals surface area contributed by atoms with E-state index in [4.69, 9.17) is 9.47 Å². The van der Waals surface area contributed by atoms with Crippen LogP contribution in [0, 0.1) is 0 Å². The number of thioether (sulfide) groups is 1. The van der Waals surface area contributed by atoms with Crippen LogP contribution in [-0.2, 0) is 0 Å². The molecule has 98 valence electrons. The molecule has 0 bridgehead atoms. The van der Waals surface area contributed by atoms with Gasteiger partial charge in [0.05, 0.1) is 13.7 Å². The first-order valence-electron chi connectivity index (χ1n) is 5.85. The number of hydrogen-bond donors (Lipinski definition) is 1. The standard InChI is InChI=1S/C13H17NO3S/c1-14-6-11(15)9-3-4-12(16-2)13(5-9)17-10-7-18-8-10/h3-5,10,14H,6-8H2,1-2H3. The number of carbonyl (C=O) groups is 1. The molecule has 1 aliphatic heterocycles. The number of carbonyl (C=O) groups excluding carboxylic acids is 1. The number of ether oxygens (including phenoxy) is 2. The van der Waals surface area contributed by atoms with Gasteiger partial charge < -0.3 is 14.8 Å². The molecule has 0 aliphatic carbocycles. The minimum atomic E-state index is 0.0491. The first-order valence-corrected chi connectivity index (χ1v) is 7.00. The quantitative estimate of drug-likeness (QED) is 0.793. The van der Waals surface area contributed by atoms with Crippen LogP contribution in [0.3, 0.4) is 0 Å². The van der Waals surface area contributed by atoms with Gasteiger partial charge in [0.1, 0.15) is 6.10 Å². The third kappa shape index (κ3) is 2.97. The smallest absolute Gasteiger partial charge is 0.176 e. The predicted octanol–water partition coefficient (Wildman–Crippen LogP) is 1.59. The monoisotopic (exact) mass is 267 g/mol. The summed E-state index contributed by atoms with van der Waals surface area (Å²) >= 11 is 1.85. The number of methoxy groups -OCH3 is 1. The first-order chi connectivity index (χ1) is 8.74. The number of rotatable bonds is 6. The van der Waals surface area contributed by atoms with E-state index in [0.717, 1.165) is 11.5 Å². The normalized spacial score (nSPS) is 15.0. The van der Waals surface area contributed by atoms with Crippen LogP contribution in [0.15, 0.2) is 18.2 Å². The minimum absolute atomic E-state index is 0.0491. The predicted molar refractivity (Wildman–Crippen MR) is 73.0 cm³/mol. The number of Topliss-reactive ketones (excluding diaryl/α,β-unsaturated/α-hetero) is 1. The van der Waals surface area contributed by atoms with Crippen molar-refractivity contribution in [2.45, 2.75) is 6.10 Å². The largest absolute Gasteiger partial charge is 0.493 e. The highest BCUT2D eigenvalue weighted by molar-refractivity contribution is 8.00. The molecule has 5 heteroatoms. The average Bonchev–Trinajstić information content (AvgIpc) is 2.34. The summed E-state index contributed by atoms with van der Waals surface area (Å²) in [6.45, 7) is 0.324. The molecule has 1 heterocycles. The van der Waals surface area contributed by atoms with Gasteiger partial charge in [-0.05, 0) is 25.2 Å². The second-order valence-corrected chi connectivity index (χ2v) is 5.17.